The van der Waals surface area contributed by atoms with Gasteiger partial charge in [0.15, 0.2) is 0 Å². The van der Waals surface area contributed by atoms with Crippen molar-refractivity contribution in [1.29, 1.82) is 0 Å². The van der Waals surface area contributed by atoms with Crippen LogP contribution in [0.3, 0.4) is 0 Å². The molecule has 0 aromatic heterocycles. The van der Waals surface area contributed by atoms with Gasteiger partial charge < -0.3 is 10.1 Å². The van der Waals surface area contributed by atoms with Gasteiger partial charge in [0.05, 0.1) is 0 Å². The first-order valence-corrected chi connectivity index (χ1v) is 8.05. The highest BCUT2D eigenvalue weighted by Crippen LogP contribution is 2.03. The highest BCUT2D eigenvalue weighted by atomic mass is 16.5. The molecule has 0 aliphatic carbocycles. The van der Waals surface area contributed by atoms with Crippen LogP contribution in [-0.4, -0.2) is 26.3 Å². The second-order valence-corrected chi connectivity index (χ2v) is 5.69. The van der Waals surface area contributed by atoms with E-state index in [-0.39, 0.29) is 0 Å². The summed E-state index contributed by atoms with van der Waals surface area (Å²) in [5, 5.41) is 3.47. The summed E-state index contributed by atoms with van der Waals surface area (Å²) in [5.41, 5.74) is 0. The van der Waals surface area contributed by atoms with E-state index in [0.717, 1.165) is 32.2 Å². The summed E-state index contributed by atoms with van der Waals surface area (Å²) in [6, 6.07) is 0. The molecule has 0 rings (SSSR count). The van der Waals surface area contributed by atoms with E-state index in [1.54, 1.807) is 0 Å². The number of unbranched alkanes of at least 4 members (excludes halogenated alkanes) is 6. The summed E-state index contributed by atoms with van der Waals surface area (Å²) in [5.74, 6) is 0.765. The number of hydrogen-bond acceptors (Lipinski definition) is 2. The molecule has 18 heavy (non-hydrogen) atoms. The third-order valence-electron chi connectivity index (χ3n) is 3.09. The molecule has 0 saturated heterocycles. The smallest absolute Gasteiger partial charge is 0.0466 e. The molecule has 0 amide bonds. The van der Waals surface area contributed by atoms with E-state index in [1.807, 2.05) is 0 Å². The molecule has 0 aromatic carbocycles. The lowest BCUT2D eigenvalue weighted by Crippen LogP contribution is -2.20. The van der Waals surface area contributed by atoms with Gasteiger partial charge in [-0.15, -0.1) is 0 Å². The SMILES string of the molecule is CCCCCCCOCCCCCNCC(C)C. The molecule has 0 saturated carbocycles. The zero-order valence-electron chi connectivity index (χ0n) is 13.0. The van der Waals surface area contributed by atoms with E-state index in [1.165, 1.54) is 51.4 Å². The van der Waals surface area contributed by atoms with Crippen molar-refractivity contribution in [3.05, 3.63) is 0 Å². The first kappa shape index (κ1) is 17.9. The van der Waals surface area contributed by atoms with Crippen LogP contribution in [0.5, 0.6) is 0 Å². The van der Waals surface area contributed by atoms with Crippen molar-refractivity contribution >= 4 is 0 Å². The van der Waals surface area contributed by atoms with Crippen LogP contribution in [0.1, 0.15) is 72.1 Å². The Morgan fingerprint density at radius 2 is 1.44 bits per heavy atom. The molecule has 0 aromatic rings. The molecule has 0 heterocycles. The molecule has 0 atom stereocenters. The van der Waals surface area contributed by atoms with Gasteiger partial charge in [0.25, 0.3) is 0 Å². The number of rotatable bonds is 14. The molecule has 0 spiro atoms. The molecule has 2 nitrogen and oxygen atoms in total. The topological polar surface area (TPSA) is 21.3 Å². The van der Waals surface area contributed by atoms with Crippen LogP contribution >= 0.6 is 0 Å². The van der Waals surface area contributed by atoms with Crippen molar-refractivity contribution < 1.29 is 4.74 Å². The van der Waals surface area contributed by atoms with Gasteiger partial charge in [-0.1, -0.05) is 46.5 Å². The Hall–Kier alpha value is -0.0800. The number of ether oxygens (including phenoxy) is 1. The number of hydrogen-bond donors (Lipinski definition) is 1. The van der Waals surface area contributed by atoms with Crippen LogP contribution in [0.4, 0.5) is 0 Å². The van der Waals surface area contributed by atoms with E-state index >= 15 is 0 Å². The van der Waals surface area contributed by atoms with Crippen molar-refractivity contribution in [2.75, 3.05) is 26.3 Å². The van der Waals surface area contributed by atoms with Gasteiger partial charge in [-0.25, -0.2) is 0 Å². The van der Waals surface area contributed by atoms with Crippen LogP contribution in [0.25, 0.3) is 0 Å². The second-order valence-electron chi connectivity index (χ2n) is 5.69. The predicted octanol–water partition coefficient (Wildman–Crippen LogP) is 4.39. The lowest BCUT2D eigenvalue weighted by Gasteiger charge is -2.07. The highest BCUT2D eigenvalue weighted by Gasteiger charge is 1.94. The van der Waals surface area contributed by atoms with Crippen LogP contribution in [0.15, 0.2) is 0 Å². The molecule has 2 heteroatoms. The zero-order valence-corrected chi connectivity index (χ0v) is 13.0. The van der Waals surface area contributed by atoms with Gasteiger partial charge in [0.2, 0.25) is 0 Å². The van der Waals surface area contributed by atoms with E-state index in [4.69, 9.17) is 4.74 Å². The summed E-state index contributed by atoms with van der Waals surface area (Å²) in [4.78, 5) is 0. The monoisotopic (exact) mass is 257 g/mol. The van der Waals surface area contributed by atoms with Gasteiger partial charge in [-0.2, -0.15) is 0 Å². The maximum absolute atomic E-state index is 5.64. The lowest BCUT2D eigenvalue weighted by atomic mass is 10.2. The first-order chi connectivity index (χ1) is 8.77. The Morgan fingerprint density at radius 3 is 2.06 bits per heavy atom. The van der Waals surface area contributed by atoms with E-state index in [0.29, 0.717) is 0 Å². The maximum Gasteiger partial charge on any atom is 0.0466 e. The largest absolute Gasteiger partial charge is 0.381 e. The Balaban J connectivity index is 2.90. The van der Waals surface area contributed by atoms with Gasteiger partial charge in [-0.05, 0) is 44.7 Å². The van der Waals surface area contributed by atoms with Crippen molar-refractivity contribution in [3.8, 4) is 0 Å². The normalized spacial score (nSPS) is 11.3. The highest BCUT2D eigenvalue weighted by molar-refractivity contribution is 4.51. The van der Waals surface area contributed by atoms with Crippen molar-refractivity contribution in [2.24, 2.45) is 5.92 Å². The predicted molar refractivity (Wildman–Crippen MR) is 81.1 cm³/mol. The molecule has 1 N–H and O–H groups in total. The summed E-state index contributed by atoms with van der Waals surface area (Å²) < 4.78 is 5.64. The fourth-order valence-corrected chi connectivity index (χ4v) is 1.93. The van der Waals surface area contributed by atoms with Gasteiger partial charge in [0, 0.05) is 13.2 Å². The van der Waals surface area contributed by atoms with Gasteiger partial charge >= 0.3 is 0 Å². The van der Waals surface area contributed by atoms with Gasteiger partial charge in [-0.3, -0.25) is 0 Å². The molecule has 0 unspecified atom stereocenters. The van der Waals surface area contributed by atoms with E-state index < -0.39 is 0 Å². The average Bonchev–Trinajstić information content (AvgIpc) is 2.34. The van der Waals surface area contributed by atoms with Gasteiger partial charge in [0.1, 0.15) is 0 Å². The Bertz CT molecular complexity index is 148. The fraction of sp³-hybridized carbons (Fsp3) is 1.00. The minimum atomic E-state index is 0.765. The summed E-state index contributed by atoms with van der Waals surface area (Å²) >= 11 is 0. The Morgan fingerprint density at radius 1 is 0.833 bits per heavy atom. The summed E-state index contributed by atoms with van der Waals surface area (Å²) in [7, 11) is 0. The standard InChI is InChI=1S/C16H35NO/c1-4-5-6-7-10-13-18-14-11-8-9-12-17-15-16(2)3/h16-17H,4-15H2,1-3H3. The Kier molecular flexibility index (Phi) is 14.9. The second kappa shape index (κ2) is 15.0. The molecule has 0 bridgehead atoms. The van der Waals surface area contributed by atoms with Crippen LogP contribution < -0.4 is 5.32 Å². The minimum absolute atomic E-state index is 0.765. The van der Waals surface area contributed by atoms with Crippen LogP contribution in [-0.2, 0) is 4.74 Å². The van der Waals surface area contributed by atoms with Crippen LogP contribution in [0, 0.1) is 5.92 Å². The molecular formula is C16H35NO. The lowest BCUT2D eigenvalue weighted by molar-refractivity contribution is 0.126. The number of nitrogens with one attached hydrogen (secondary N) is 1. The molecule has 110 valence electrons. The third kappa shape index (κ3) is 15.9. The quantitative estimate of drug-likeness (QED) is 0.466. The Labute approximate surface area is 115 Å². The van der Waals surface area contributed by atoms with Crippen molar-refractivity contribution in [1.82, 2.24) is 5.32 Å². The maximum atomic E-state index is 5.64. The minimum Gasteiger partial charge on any atom is -0.381 e. The van der Waals surface area contributed by atoms with E-state index in [2.05, 4.69) is 26.1 Å². The first-order valence-electron chi connectivity index (χ1n) is 8.05. The molecule has 0 radical (unpaired) electrons. The molecule has 0 fully saturated rings. The molecular weight excluding hydrogens is 222 g/mol. The average molecular weight is 257 g/mol. The molecule has 0 aliphatic rings. The fourth-order valence-electron chi connectivity index (χ4n) is 1.93. The van der Waals surface area contributed by atoms with Crippen LogP contribution in [0.2, 0.25) is 0 Å². The van der Waals surface area contributed by atoms with Crippen molar-refractivity contribution in [2.45, 2.75) is 72.1 Å². The summed E-state index contributed by atoms with van der Waals surface area (Å²) in [6.45, 7) is 11.0. The third-order valence-corrected chi connectivity index (χ3v) is 3.09. The summed E-state index contributed by atoms with van der Waals surface area (Å²) in [6.07, 6.45) is 10.5. The molecule has 0 aliphatic heterocycles. The zero-order chi connectivity index (χ0) is 13.5. The van der Waals surface area contributed by atoms with Crippen molar-refractivity contribution in [3.63, 3.8) is 0 Å². The van der Waals surface area contributed by atoms with E-state index in [9.17, 15) is 0 Å².